The number of hydrogen-bond donors (Lipinski definition) is 2. The molecule has 0 radical (unpaired) electrons. The van der Waals surface area contributed by atoms with Crippen LogP contribution in [0.4, 0.5) is 11.4 Å². The Balaban J connectivity index is 2.03. The SMILES string of the molecule is CCN(CC(=O)Nc1cccc(C(=O)NC)c1)c1ccccc1. The smallest absolute Gasteiger partial charge is 0.251 e. The average molecular weight is 311 g/mol. The number of carbonyl (C=O) groups excluding carboxylic acids is 2. The number of benzene rings is 2. The molecule has 0 atom stereocenters. The first-order chi connectivity index (χ1) is 11.1. The molecular weight excluding hydrogens is 290 g/mol. The molecule has 23 heavy (non-hydrogen) atoms. The van der Waals surface area contributed by atoms with E-state index in [1.807, 2.05) is 42.2 Å². The van der Waals surface area contributed by atoms with E-state index >= 15 is 0 Å². The Kier molecular flexibility index (Phi) is 5.74. The first-order valence-corrected chi connectivity index (χ1v) is 7.56. The number of para-hydroxylation sites is 1. The van der Waals surface area contributed by atoms with Crippen LogP contribution in [0.1, 0.15) is 17.3 Å². The number of carbonyl (C=O) groups is 2. The summed E-state index contributed by atoms with van der Waals surface area (Å²) in [5.74, 6) is -0.301. The third-order valence-electron chi connectivity index (χ3n) is 3.47. The van der Waals surface area contributed by atoms with Crippen LogP contribution in [0.2, 0.25) is 0 Å². The fourth-order valence-electron chi connectivity index (χ4n) is 2.28. The monoisotopic (exact) mass is 311 g/mol. The largest absolute Gasteiger partial charge is 0.362 e. The third kappa shape index (κ3) is 4.57. The fourth-order valence-corrected chi connectivity index (χ4v) is 2.28. The van der Waals surface area contributed by atoms with Crippen LogP contribution in [-0.2, 0) is 4.79 Å². The lowest BCUT2D eigenvalue weighted by molar-refractivity contribution is -0.115. The lowest BCUT2D eigenvalue weighted by Gasteiger charge is -2.22. The van der Waals surface area contributed by atoms with Gasteiger partial charge >= 0.3 is 0 Å². The molecule has 0 spiro atoms. The molecule has 0 bridgehead atoms. The molecule has 120 valence electrons. The van der Waals surface area contributed by atoms with E-state index in [0.717, 1.165) is 12.2 Å². The molecule has 0 heterocycles. The highest BCUT2D eigenvalue weighted by molar-refractivity contribution is 5.98. The molecule has 0 aliphatic carbocycles. The van der Waals surface area contributed by atoms with E-state index in [4.69, 9.17) is 0 Å². The van der Waals surface area contributed by atoms with Gasteiger partial charge in [0.05, 0.1) is 6.54 Å². The summed E-state index contributed by atoms with van der Waals surface area (Å²) >= 11 is 0. The summed E-state index contributed by atoms with van der Waals surface area (Å²) in [5, 5.41) is 5.40. The summed E-state index contributed by atoms with van der Waals surface area (Å²) in [6.07, 6.45) is 0. The Labute approximate surface area is 136 Å². The topological polar surface area (TPSA) is 61.4 Å². The molecule has 2 N–H and O–H groups in total. The Morgan fingerprint density at radius 3 is 2.43 bits per heavy atom. The third-order valence-corrected chi connectivity index (χ3v) is 3.47. The van der Waals surface area contributed by atoms with Crippen LogP contribution in [0, 0.1) is 0 Å². The van der Waals surface area contributed by atoms with Gasteiger partial charge in [-0.3, -0.25) is 9.59 Å². The number of rotatable bonds is 6. The molecule has 0 aromatic heterocycles. The van der Waals surface area contributed by atoms with Crippen molar-refractivity contribution in [3.05, 3.63) is 60.2 Å². The summed E-state index contributed by atoms with van der Waals surface area (Å²) in [4.78, 5) is 25.9. The van der Waals surface area contributed by atoms with Gasteiger partial charge in [-0.1, -0.05) is 24.3 Å². The van der Waals surface area contributed by atoms with Gasteiger partial charge in [0.2, 0.25) is 5.91 Å². The van der Waals surface area contributed by atoms with E-state index in [2.05, 4.69) is 10.6 Å². The highest BCUT2D eigenvalue weighted by atomic mass is 16.2. The molecule has 0 aliphatic rings. The molecule has 0 saturated heterocycles. The maximum absolute atomic E-state index is 12.3. The summed E-state index contributed by atoms with van der Waals surface area (Å²) in [6, 6.07) is 16.7. The second kappa shape index (κ2) is 7.98. The average Bonchev–Trinajstić information content (AvgIpc) is 2.60. The van der Waals surface area contributed by atoms with Crippen molar-refractivity contribution in [1.29, 1.82) is 0 Å². The number of likely N-dealkylation sites (N-methyl/N-ethyl adjacent to an activating group) is 1. The molecule has 0 unspecified atom stereocenters. The molecule has 2 aromatic carbocycles. The highest BCUT2D eigenvalue weighted by Crippen LogP contribution is 2.14. The minimum Gasteiger partial charge on any atom is -0.362 e. The van der Waals surface area contributed by atoms with Gasteiger partial charge in [-0.05, 0) is 37.3 Å². The van der Waals surface area contributed by atoms with Crippen LogP contribution in [0.5, 0.6) is 0 Å². The molecule has 0 fully saturated rings. The van der Waals surface area contributed by atoms with E-state index in [-0.39, 0.29) is 18.4 Å². The fraction of sp³-hybridized carbons (Fsp3) is 0.222. The lowest BCUT2D eigenvalue weighted by atomic mass is 10.2. The highest BCUT2D eigenvalue weighted by Gasteiger charge is 2.11. The predicted octanol–water partition coefficient (Wildman–Crippen LogP) is 2.51. The van der Waals surface area contributed by atoms with Crippen LogP contribution < -0.4 is 15.5 Å². The van der Waals surface area contributed by atoms with Crippen molar-refractivity contribution in [2.24, 2.45) is 0 Å². The van der Waals surface area contributed by atoms with Crippen molar-refractivity contribution < 1.29 is 9.59 Å². The Morgan fingerprint density at radius 1 is 1.04 bits per heavy atom. The number of hydrogen-bond acceptors (Lipinski definition) is 3. The van der Waals surface area contributed by atoms with E-state index < -0.39 is 0 Å². The molecular formula is C18H21N3O2. The van der Waals surface area contributed by atoms with Crippen molar-refractivity contribution in [2.75, 3.05) is 30.4 Å². The normalized spacial score (nSPS) is 10.0. The lowest BCUT2D eigenvalue weighted by Crippen LogP contribution is -2.33. The van der Waals surface area contributed by atoms with Gasteiger partial charge in [0, 0.05) is 30.5 Å². The second-order valence-electron chi connectivity index (χ2n) is 5.06. The first-order valence-electron chi connectivity index (χ1n) is 7.56. The number of nitrogens with one attached hydrogen (secondary N) is 2. The molecule has 2 amide bonds. The van der Waals surface area contributed by atoms with Crippen molar-refractivity contribution in [3.8, 4) is 0 Å². The van der Waals surface area contributed by atoms with Crippen LogP contribution in [0.25, 0.3) is 0 Å². The van der Waals surface area contributed by atoms with Gasteiger partial charge in [-0.15, -0.1) is 0 Å². The number of amides is 2. The van der Waals surface area contributed by atoms with Crippen LogP contribution in [0.3, 0.4) is 0 Å². The van der Waals surface area contributed by atoms with Crippen LogP contribution >= 0.6 is 0 Å². The molecule has 2 rings (SSSR count). The van der Waals surface area contributed by atoms with Crippen molar-refractivity contribution in [1.82, 2.24) is 5.32 Å². The summed E-state index contributed by atoms with van der Waals surface area (Å²) < 4.78 is 0. The summed E-state index contributed by atoms with van der Waals surface area (Å²) in [7, 11) is 1.58. The Hall–Kier alpha value is -2.82. The van der Waals surface area contributed by atoms with E-state index in [1.165, 1.54) is 0 Å². The van der Waals surface area contributed by atoms with Gasteiger partial charge in [0.1, 0.15) is 0 Å². The van der Waals surface area contributed by atoms with Crippen LogP contribution in [-0.4, -0.2) is 32.0 Å². The van der Waals surface area contributed by atoms with Gasteiger partial charge in [0.25, 0.3) is 5.91 Å². The summed E-state index contributed by atoms with van der Waals surface area (Å²) in [6.45, 7) is 2.99. The van der Waals surface area contributed by atoms with Gasteiger partial charge in [-0.2, -0.15) is 0 Å². The minimum absolute atomic E-state index is 0.121. The van der Waals surface area contributed by atoms with Gasteiger partial charge in [0.15, 0.2) is 0 Å². The van der Waals surface area contributed by atoms with E-state index in [1.54, 1.807) is 31.3 Å². The summed E-state index contributed by atoms with van der Waals surface area (Å²) in [5.41, 5.74) is 2.13. The zero-order chi connectivity index (χ0) is 16.7. The molecule has 2 aromatic rings. The van der Waals surface area contributed by atoms with E-state index in [0.29, 0.717) is 11.3 Å². The number of anilines is 2. The zero-order valence-corrected chi connectivity index (χ0v) is 13.4. The standard InChI is InChI=1S/C18H21N3O2/c1-3-21(16-10-5-4-6-11-16)13-17(22)20-15-9-7-8-14(12-15)18(23)19-2/h4-12H,3,13H2,1-2H3,(H,19,23)(H,20,22). The number of nitrogens with zero attached hydrogens (tertiary/aromatic N) is 1. The van der Waals surface area contributed by atoms with Crippen molar-refractivity contribution in [2.45, 2.75) is 6.92 Å². The molecule has 0 aliphatic heterocycles. The van der Waals surface area contributed by atoms with Crippen molar-refractivity contribution in [3.63, 3.8) is 0 Å². The van der Waals surface area contributed by atoms with E-state index in [9.17, 15) is 9.59 Å². The van der Waals surface area contributed by atoms with Crippen molar-refractivity contribution >= 4 is 23.2 Å². The molecule has 5 nitrogen and oxygen atoms in total. The van der Waals surface area contributed by atoms with Gasteiger partial charge < -0.3 is 15.5 Å². The Morgan fingerprint density at radius 2 is 1.78 bits per heavy atom. The zero-order valence-electron chi connectivity index (χ0n) is 13.4. The minimum atomic E-state index is -0.180. The molecule has 5 heteroatoms. The van der Waals surface area contributed by atoms with Crippen LogP contribution in [0.15, 0.2) is 54.6 Å². The first kappa shape index (κ1) is 16.5. The second-order valence-corrected chi connectivity index (χ2v) is 5.06. The Bertz CT molecular complexity index is 671. The maximum atomic E-state index is 12.3. The molecule has 0 saturated carbocycles. The maximum Gasteiger partial charge on any atom is 0.251 e. The predicted molar refractivity (Wildman–Crippen MR) is 92.8 cm³/mol. The quantitative estimate of drug-likeness (QED) is 0.861. The van der Waals surface area contributed by atoms with Gasteiger partial charge in [-0.25, -0.2) is 0 Å².